The van der Waals surface area contributed by atoms with E-state index in [-0.39, 0.29) is 17.7 Å². The van der Waals surface area contributed by atoms with E-state index in [0.717, 1.165) is 5.56 Å². The highest BCUT2D eigenvalue weighted by molar-refractivity contribution is 6.04. The lowest BCUT2D eigenvalue weighted by Gasteiger charge is -2.13. The SMILES string of the molecule is COc1ccc(NC(=O)c2ccc(NC(=O)C(C)C)cc2)cc1OCc1cccnc1. The summed E-state index contributed by atoms with van der Waals surface area (Å²) in [4.78, 5) is 28.5. The fraction of sp³-hybridized carbons (Fsp3) is 0.208. The fourth-order valence-electron chi connectivity index (χ4n) is 2.71. The molecule has 1 heterocycles. The Bertz CT molecular complexity index is 1030. The maximum atomic E-state index is 12.6. The van der Waals surface area contributed by atoms with Crippen molar-refractivity contribution in [3.63, 3.8) is 0 Å². The highest BCUT2D eigenvalue weighted by Gasteiger charge is 2.12. The molecule has 0 aliphatic carbocycles. The molecule has 0 aliphatic rings. The molecule has 0 bridgehead atoms. The molecule has 0 spiro atoms. The molecule has 3 aromatic rings. The van der Waals surface area contributed by atoms with Crippen molar-refractivity contribution in [2.45, 2.75) is 20.5 Å². The van der Waals surface area contributed by atoms with Crippen LogP contribution >= 0.6 is 0 Å². The van der Waals surface area contributed by atoms with Crippen molar-refractivity contribution >= 4 is 23.2 Å². The van der Waals surface area contributed by atoms with Gasteiger partial charge in [-0.15, -0.1) is 0 Å². The molecule has 1 aromatic heterocycles. The summed E-state index contributed by atoms with van der Waals surface area (Å²) in [5.74, 6) is 0.606. The van der Waals surface area contributed by atoms with Crippen LogP contribution in [0.3, 0.4) is 0 Å². The number of methoxy groups -OCH3 is 1. The number of amides is 2. The predicted octanol–water partition coefficient (Wildman–Crippen LogP) is 4.52. The highest BCUT2D eigenvalue weighted by Crippen LogP contribution is 2.31. The highest BCUT2D eigenvalue weighted by atomic mass is 16.5. The fourth-order valence-corrected chi connectivity index (χ4v) is 2.71. The number of hydrogen-bond donors (Lipinski definition) is 2. The van der Waals surface area contributed by atoms with Gasteiger partial charge in [0.2, 0.25) is 5.91 Å². The molecule has 0 fully saturated rings. The predicted molar refractivity (Wildman–Crippen MR) is 119 cm³/mol. The molecule has 0 atom stereocenters. The molecule has 0 radical (unpaired) electrons. The Morgan fingerprint density at radius 3 is 2.35 bits per heavy atom. The van der Waals surface area contributed by atoms with Gasteiger partial charge in [0.1, 0.15) is 6.61 Å². The molecule has 3 rings (SSSR count). The maximum Gasteiger partial charge on any atom is 0.255 e. The van der Waals surface area contributed by atoms with Gasteiger partial charge in [-0.3, -0.25) is 14.6 Å². The topological polar surface area (TPSA) is 89.6 Å². The Balaban J connectivity index is 1.67. The van der Waals surface area contributed by atoms with Gasteiger partial charge in [0.15, 0.2) is 11.5 Å². The molecule has 2 aromatic carbocycles. The molecule has 2 N–H and O–H groups in total. The van der Waals surface area contributed by atoms with Crippen LogP contribution in [0.1, 0.15) is 29.8 Å². The molecule has 31 heavy (non-hydrogen) atoms. The summed E-state index contributed by atoms with van der Waals surface area (Å²) in [6.07, 6.45) is 3.43. The van der Waals surface area contributed by atoms with E-state index in [1.165, 1.54) is 0 Å². The zero-order valence-electron chi connectivity index (χ0n) is 17.7. The number of pyridine rings is 1. The normalized spacial score (nSPS) is 10.5. The van der Waals surface area contributed by atoms with Gasteiger partial charge in [0.05, 0.1) is 7.11 Å². The maximum absolute atomic E-state index is 12.6. The van der Waals surface area contributed by atoms with Crippen molar-refractivity contribution in [2.24, 2.45) is 5.92 Å². The Hall–Kier alpha value is -3.87. The van der Waals surface area contributed by atoms with Crippen molar-refractivity contribution in [3.8, 4) is 11.5 Å². The summed E-state index contributed by atoms with van der Waals surface area (Å²) in [6.45, 7) is 3.96. The largest absolute Gasteiger partial charge is 0.493 e. The van der Waals surface area contributed by atoms with E-state index in [2.05, 4.69) is 15.6 Å². The van der Waals surface area contributed by atoms with E-state index < -0.39 is 0 Å². The summed E-state index contributed by atoms with van der Waals surface area (Å²) < 4.78 is 11.2. The third-order valence-electron chi connectivity index (χ3n) is 4.48. The summed E-state index contributed by atoms with van der Waals surface area (Å²) in [6, 6.07) is 15.7. The lowest BCUT2D eigenvalue weighted by atomic mass is 10.1. The number of nitrogens with zero attached hydrogens (tertiary/aromatic N) is 1. The second-order valence-corrected chi connectivity index (χ2v) is 7.19. The van der Waals surface area contributed by atoms with Crippen molar-refractivity contribution in [2.75, 3.05) is 17.7 Å². The molecule has 0 aliphatic heterocycles. The van der Waals surface area contributed by atoms with E-state index >= 15 is 0 Å². The van der Waals surface area contributed by atoms with E-state index in [0.29, 0.717) is 35.0 Å². The molecule has 7 nitrogen and oxygen atoms in total. The summed E-state index contributed by atoms with van der Waals surface area (Å²) in [7, 11) is 1.56. The molecule has 0 saturated heterocycles. The Labute approximate surface area is 181 Å². The molecule has 0 saturated carbocycles. The van der Waals surface area contributed by atoms with Gasteiger partial charge in [-0.25, -0.2) is 0 Å². The van der Waals surface area contributed by atoms with Crippen molar-refractivity contribution in [1.29, 1.82) is 0 Å². The number of aromatic nitrogens is 1. The number of nitrogens with one attached hydrogen (secondary N) is 2. The second-order valence-electron chi connectivity index (χ2n) is 7.19. The van der Waals surface area contributed by atoms with Crippen LogP contribution in [-0.2, 0) is 11.4 Å². The van der Waals surface area contributed by atoms with Crippen LogP contribution in [-0.4, -0.2) is 23.9 Å². The molecule has 160 valence electrons. The minimum Gasteiger partial charge on any atom is -0.493 e. The van der Waals surface area contributed by atoms with E-state index in [9.17, 15) is 9.59 Å². The van der Waals surface area contributed by atoms with Crippen LogP contribution in [0.15, 0.2) is 67.0 Å². The van der Waals surface area contributed by atoms with Gasteiger partial charge in [-0.2, -0.15) is 0 Å². The lowest BCUT2D eigenvalue weighted by molar-refractivity contribution is -0.118. The second kappa shape index (κ2) is 10.2. The first-order valence-electron chi connectivity index (χ1n) is 9.88. The van der Waals surface area contributed by atoms with Gasteiger partial charge in [0, 0.05) is 46.9 Å². The van der Waals surface area contributed by atoms with E-state index in [1.807, 2.05) is 26.0 Å². The van der Waals surface area contributed by atoms with Gasteiger partial charge in [-0.05, 0) is 42.5 Å². The van der Waals surface area contributed by atoms with E-state index in [4.69, 9.17) is 9.47 Å². The monoisotopic (exact) mass is 419 g/mol. The molecule has 0 unspecified atom stereocenters. The molecule has 2 amide bonds. The van der Waals surface area contributed by atoms with Crippen LogP contribution < -0.4 is 20.1 Å². The minimum absolute atomic E-state index is 0.0748. The Morgan fingerprint density at radius 2 is 1.71 bits per heavy atom. The third kappa shape index (κ3) is 6.05. The minimum atomic E-state index is -0.273. The van der Waals surface area contributed by atoms with Crippen LogP contribution in [0.2, 0.25) is 0 Å². The van der Waals surface area contributed by atoms with Crippen molar-refractivity contribution in [3.05, 3.63) is 78.1 Å². The first kappa shape index (κ1) is 21.8. The number of benzene rings is 2. The zero-order chi connectivity index (χ0) is 22.2. The van der Waals surface area contributed by atoms with Crippen LogP contribution in [0.4, 0.5) is 11.4 Å². The number of carbonyl (C=O) groups excluding carboxylic acids is 2. The van der Waals surface area contributed by atoms with Crippen LogP contribution in [0.25, 0.3) is 0 Å². The Kier molecular flexibility index (Phi) is 7.22. The van der Waals surface area contributed by atoms with Crippen LogP contribution in [0, 0.1) is 5.92 Å². The molecule has 7 heteroatoms. The molecular formula is C24H25N3O4. The Morgan fingerprint density at radius 1 is 0.968 bits per heavy atom. The summed E-state index contributed by atoms with van der Waals surface area (Å²) >= 11 is 0. The average Bonchev–Trinajstić information content (AvgIpc) is 2.79. The standard InChI is InChI=1S/C24H25N3O4/c1-16(2)23(28)26-19-8-6-18(7-9-19)24(29)27-20-10-11-21(30-3)22(13-20)31-15-17-5-4-12-25-14-17/h4-14,16H,15H2,1-3H3,(H,26,28)(H,27,29). The number of carbonyl (C=O) groups is 2. The first-order chi connectivity index (χ1) is 15.0. The third-order valence-corrected chi connectivity index (χ3v) is 4.48. The summed E-state index contributed by atoms with van der Waals surface area (Å²) in [5.41, 5.74) is 2.61. The van der Waals surface area contributed by atoms with Crippen molar-refractivity contribution in [1.82, 2.24) is 4.98 Å². The number of ether oxygens (including phenoxy) is 2. The van der Waals surface area contributed by atoms with Gasteiger partial charge >= 0.3 is 0 Å². The average molecular weight is 419 g/mol. The number of hydrogen-bond acceptors (Lipinski definition) is 5. The quantitative estimate of drug-likeness (QED) is 0.560. The zero-order valence-corrected chi connectivity index (χ0v) is 17.7. The van der Waals surface area contributed by atoms with Gasteiger partial charge in [-0.1, -0.05) is 19.9 Å². The van der Waals surface area contributed by atoms with Crippen LogP contribution in [0.5, 0.6) is 11.5 Å². The smallest absolute Gasteiger partial charge is 0.255 e. The van der Waals surface area contributed by atoms with E-state index in [1.54, 1.807) is 62.0 Å². The van der Waals surface area contributed by atoms with Gasteiger partial charge in [0.25, 0.3) is 5.91 Å². The lowest BCUT2D eigenvalue weighted by Crippen LogP contribution is -2.18. The number of anilines is 2. The first-order valence-corrected chi connectivity index (χ1v) is 9.88. The number of rotatable bonds is 8. The van der Waals surface area contributed by atoms with Crippen molar-refractivity contribution < 1.29 is 19.1 Å². The summed E-state index contributed by atoms with van der Waals surface area (Å²) in [5, 5.41) is 5.65. The van der Waals surface area contributed by atoms with Gasteiger partial charge < -0.3 is 20.1 Å². The molecular weight excluding hydrogens is 394 g/mol.